The molecule has 0 aliphatic heterocycles. The van der Waals surface area contributed by atoms with Crippen LogP contribution in [0.4, 0.5) is 11.4 Å². The molecule has 0 bridgehead atoms. The number of anilines is 2. The molecule has 1 aliphatic rings. The number of rotatable bonds is 8. The van der Waals surface area contributed by atoms with E-state index >= 15 is 0 Å². The van der Waals surface area contributed by atoms with Gasteiger partial charge < -0.3 is 10.2 Å². The summed E-state index contributed by atoms with van der Waals surface area (Å²) in [5.74, 6) is 0. The molecule has 0 heterocycles. The summed E-state index contributed by atoms with van der Waals surface area (Å²) >= 11 is 0. The summed E-state index contributed by atoms with van der Waals surface area (Å²) < 4.78 is 0. The van der Waals surface area contributed by atoms with Crippen LogP contribution >= 0.6 is 0 Å². The zero-order valence-corrected chi connectivity index (χ0v) is 18.7. The molecule has 0 saturated carbocycles. The van der Waals surface area contributed by atoms with Crippen LogP contribution in [0.15, 0.2) is 83.4 Å². The van der Waals surface area contributed by atoms with Gasteiger partial charge in [0.05, 0.1) is 5.71 Å². The second-order valence-corrected chi connectivity index (χ2v) is 7.22. The summed E-state index contributed by atoms with van der Waals surface area (Å²) in [4.78, 5) is 6.88. The number of nitrogens with one attached hydrogen (secondary N) is 1. The van der Waals surface area contributed by atoms with Crippen LogP contribution < -0.4 is 10.2 Å². The molecule has 0 atom stereocenters. The highest BCUT2D eigenvalue weighted by atomic mass is 15.1. The third kappa shape index (κ3) is 5.10. The van der Waals surface area contributed by atoms with Crippen molar-refractivity contribution in [2.24, 2.45) is 4.99 Å². The van der Waals surface area contributed by atoms with E-state index < -0.39 is 0 Å². The quantitative estimate of drug-likeness (QED) is 0.560. The fourth-order valence-corrected chi connectivity index (χ4v) is 3.80. The highest BCUT2D eigenvalue weighted by Crippen LogP contribution is 2.31. The first-order valence-corrected chi connectivity index (χ1v) is 11.0. The first-order chi connectivity index (χ1) is 14.7. The van der Waals surface area contributed by atoms with Crippen LogP contribution in [0.3, 0.4) is 0 Å². The summed E-state index contributed by atoms with van der Waals surface area (Å²) in [5, 5.41) is 3.38. The predicted molar refractivity (Wildman–Crippen MR) is 133 cm³/mol. The SMILES string of the molecule is CCN=C1C=CC(=C(c2ccc(NCC)cc2)c2ccc(N(CC)CC)cc2)C=C1. The van der Waals surface area contributed by atoms with E-state index in [2.05, 4.69) is 116 Å². The smallest absolute Gasteiger partial charge is 0.0574 e. The maximum Gasteiger partial charge on any atom is 0.0574 e. The van der Waals surface area contributed by atoms with Crippen molar-refractivity contribution in [3.63, 3.8) is 0 Å². The Morgan fingerprint density at radius 2 is 1.33 bits per heavy atom. The Bertz CT molecular complexity index is 923. The number of nitrogens with zero attached hydrogens (tertiary/aromatic N) is 2. The zero-order chi connectivity index (χ0) is 21.3. The minimum Gasteiger partial charge on any atom is -0.385 e. The summed E-state index contributed by atoms with van der Waals surface area (Å²) in [7, 11) is 0. The molecule has 0 aromatic heterocycles. The van der Waals surface area contributed by atoms with Gasteiger partial charge in [0.15, 0.2) is 0 Å². The Morgan fingerprint density at radius 3 is 1.83 bits per heavy atom. The van der Waals surface area contributed by atoms with Gasteiger partial charge in [0.1, 0.15) is 0 Å². The topological polar surface area (TPSA) is 27.6 Å². The number of hydrogen-bond donors (Lipinski definition) is 1. The first-order valence-electron chi connectivity index (χ1n) is 11.0. The van der Waals surface area contributed by atoms with Crippen molar-refractivity contribution >= 4 is 22.7 Å². The van der Waals surface area contributed by atoms with Crippen LogP contribution in [0, 0.1) is 0 Å². The van der Waals surface area contributed by atoms with Gasteiger partial charge in [0, 0.05) is 37.6 Å². The Labute approximate surface area is 181 Å². The van der Waals surface area contributed by atoms with Gasteiger partial charge in [0.25, 0.3) is 0 Å². The normalized spacial score (nSPS) is 12.8. The fraction of sp³-hybridized carbons (Fsp3) is 0.296. The van der Waals surface area contributed by atoms with Crippen molar-refractivity contribution in [3.8, 4) is 0 Å². The van der Waals surface area contributed by atoms with Crippen molar-refractivity contribution < 1.29 is 0 Å². The molecule has 0 radical (unpaired) electrons. The minimum absolute atomic E-state index is 0.800. The summed E-state index contributed by atoms with van der Waals surface area (Å²) in [5.41, 5.74) is 8.33. The lowest BCUT2D eigenvalue weighted by Crippen LogP contribution is -2.21. The van der Waals surface area contributed by atoms with Gasteiger partial charge in [-0.05, 0) is 86.4 Å². The van der Waals surface area contributed by atoms with E-state index in [1.807, 2.05) is 0 Å². The lowest BCUT2D eigenvalue weighted by molar-refractivity contribution is 0.866. The predicted octanol–water partition coefficient (Wildman–Crippen LogP) is 6.35. The lowest BCUT2D eigenvalue weighted by atomic mass is 9.90. The van der Waals surface area contributed by atoms with Crippen molar-refractivity contribution in [3.05, 3.63) is 89.5 Å². The standard InChI is InChI=1S/C27H33N3/c1-5-28-24-15-9-21(10-16-24)27(22-11-17-25(18-12-22)29-6-2)23-13-19-26(20-14-23)30(7-3)8-4/h9-20,28H,5-8H2,1-4H3. The van der Waals surface area contributed by atoms with Crippen LogP contribution in [0.5, 0.6) is 0 Å². The highest BCUT2D eigenvalue weighted by molar-refractivity contribution is 6.07. The molecule has 1 N–H and O–H groups in total. The average molecular weight is 400 g/mol. The summed E-state index contributed by atoms with van der Waals surface area (Å²) in [6.07, 6.45) is 8.58. The molecule has 0 spiro atoms. The molecule has 156 valence electrons. The van der Waals surface area contributed by atoms with Gasteiger partial charge in [-0.25, -0.2) is 0 Å². The van der Waals surface area contributed by atoms with Crippen LogP contribution in [0.2, 0.25) is 0 Å². The van der Waals surface area contributed by atoms with Crippen LogP contribution in [0.1, 0.15) is 38.8 Å². The molecule has 0 fully saturated rings. The third-order valence-corrected chi connectivity index (χ3v) is 5.34. The lowest BCUT2D eigenvalue weighted by Gasteiger charge is -2.22. The zero-order valence-electron chi connectivity index (χ0n) is 18.7. The fourth-order valence-electron chi connectivity index (χ4n) is 3.80. The third-order valence-electron chi connectivity index (χ3n) is 5.34. The van der Waals surface area contributed by atoms with E-state index in [-0.39, 0.29) is 0 Å². The molecule has 30 heavy (non-hydrogen) atoms. The summed E-state index contributed by atoms with van der Waals surface area (Å²) in [6.45, 7) is 12.3. The van der Waals surface area contributed by atoms with E-state index in [0.29, 0.717) is 0 Å². The molecule has 1 aliphatic carbocycles. The average Bonchev–Trinajstić information content (AvgIpc) is 2.78. The second-order valence-electron chi connectivity index (χ2n) is 7.22. The van der Waals surface area contributed by atoms with Crippen LogP contribution in [-0.4, -0.2) is 31.9 Å². The molecular weight excluding hydrogens is 366 g/mol. The Morgan fingerprint density at radius 1 is 0.767 bits per heavy atom. The maximum absolute atomic E-state index is 4.51. The number of hydrogen-bond acceptors (Lipinski definition) is 3. The monoisotopic (exact) mass is 399 g/mol. The number of aliphatic imine (C=N–C) groups is 1. The molecule has 0 saturated heterocycles. The Balaban J connectivity index is 2.05. The van der Waals surface area contributed by atoms with Gasteiger partial charge in [-0.15, -0.1) is 0 Å². The minimum atomic E-state index is 0.800. The van der Waals surface area contributed by atoms with Crippen molar-refractivity contribution in [1.29, 1.82) is 0 Å². The molecule has 3 rings (SSSR count). The molecule has 2 aromatic carbocycles. The van der Waals surface area contributed by atoms with Crippen LogP contribution in [-0.2, 0) is 0 Å². The van der Waals surface area contributed by atoms with Crippen molar-refractivity contribution in [2.75, 3.05) is 36.4 Å². The van der Waals surface area contributed by atoms with E-state index in [9.17, 15) is 0 Å². The number of allylic oxidation sites excluding steroid dienone is 5. The van der Waals surface area contributed by atoms with Gasteiger partial charge in [-0.1, -0.05) is 36.4 Å². The Kier molecular flexibility index (Phi) is 7.67. The first kappa shape index (κ1) is 21.6. The molecular formula is C27H33N3. The van der Waals surface area contributed by atoms with E-state index in [0.717, 1.165) is 37.6 Å². The van der Waals surface area contributed by atoms with Gasteiger partial charge in [-0.2, -0.15) is 0 Å². The number of benzene rings is 2. The molecule has 0 amide bonds. The van der Waals surface area contributed by atoms with Gasteiger partial charge in [0.2, 0.25) is 0 Å². The summed E-state index contributed by atoms with van der Waals surface area (Å²) in [6, 6.07) is 17.7. The maximum atomic E-state index is 4.51. The van der Waals surface area contributed by atoms with Crippen molar-refractivity contribution in [2.45, 2.75) is 27.7 Å². The highest BCUT2D eigenvalue weighted by Gasteiger charge is 2.12. The second kappa shape index (κ2) is 10.6. The molecule has 0 unspecified atom stereocenters. The van der Waals surface area contributed by atoms with E-state index in [1.54, 1.807) is 0 Å². The van der Waals surface area contributed by atoms with Crippen LogP contribution in [0.25, 0.3) is 5.57 Å². The largest absolute Gasteiger partial charge is 0.385 e. The molecule has 2 aromatic rings. The van der Waals surface area contributed by atoms with E-state index in [4.69, 9.17) is 0 Å². The van der Waals surface area contributed by atoms with Crippen molar-refractivity contribution in [1.82, 2.24) is 0 Å². The van der Waals surface area contributed by atoms with Gasteiger partial charge in [-0.3, -0.25) is 4.99 Å². The van der Waals surface area contributed by atoms with Gasteiger partial charge >= 0.3 is 0 Å². The molecule has 3 heteroatoms. The Hall–Kier alpha value is -3.07. The van der Waals surface area contributed by atoms with E-state index in [1.165, 1.54) is 28.0 Å². The molecule has 3 nitrogen and oxygen atoms in total.